The largest absolute Gasteiger partial charge is 0.315 e. The van der Waals surface area contributed by atoms with Crippen molar-refractivity contribution in [3.63, 3.8) is 0 Å². The topological polar surface area (TPSA) is 70.2 Å². The van der Waals surface area contributed by atoms with E-state index in [9.17, 15) is 13.2 Å². The molecule has 1 aliphatic rings. The summed E-state index contributed by atoms with van der Waals surface area (Å²) < 4.78 is 27.5. The van der Waals surface area contributed by atoms with E-state index in [0.717, 1.165) is 37.0 Å². The first-order chi connectivity index (χ1) is 9.32. The second-order valence-electron chi connectivity index (χ2n) is 5.83. The van der Waals surface area contributed by atoms with E-state index in [4.69, 9.17) is 0 Å². The summed E-state index contributed by atoms with van der Waals surface area (Å²) >= 11 is 0.795. The van der Waals surface area contributed by atoms with Crippen LogP contribution >= 0.6 is 11.3 Å². The zero-order chi connectivity index (χ0) is 14.9. The molecule has 2 rings (SSSR count). The summed E-state index contributed by atoms with van der Waals surface area (Å²) in [4.78, 5) is 13.7. The van der Waals surface area contributed by atoms with Crippen molar-refractivity contribution < 1.29 is 8.42 Å². The van der Waals surface area contributed by atoms with Gasteiger partial charge in [0.15, 0.2) is 4.21 Å². The van der Waals surface area contributed by atoms with Crippen molar-refractivity contribution >= 4 is 21.4 Å². The van der Waals surface area contributed by atoms with Crippen LogP contribution in [0.25, 0.3) is 0 Å². The highest BCUT2D eigenvalue weighted by molar-refractivity contribution is 7.91. The number of H-pyrrole nitrogens is 1. The van der Waals surface area contributed by atoms with E-state index in [1.165, 1.54) is 0 Å². The Labute approximate surface area is 124 Å². The van der Waals surface area contributed by atoms with Crippen LogP contribution in [0.5, 0.6) is 0 Å². The minimum Gasteiger partial charge on any atom is -0.315 e. The fraction of sp³-hybridized carbons (Fsp3) is 0.769. The minimum absolute atomic E-state index is 0.0824. The van der Waals surface area contributed by atoms with Crippen molar-refractivity contribution in [3.05, 3.63) is 15.4 Å². The van der Waals surface area contributed by atoms with Crippen molar-refractivity contribution in [3.8, 4) is 0 Å². The number of nitrogens with zero attached hydrogens (tertiary/aromatic N) is 1. The van der Waals surface area contributed by atoms with Crippen LogP contribution in [0.3, 0.4) is 0 Å². The number of rotatable bonds is 5. The lowest BCUT2D eigenvalue weighted by Crippen LogP contribution is -2.41. The zero-order valence-electron chi connectivity index (χ0n) is 12.2. The highest BCUT2D eigenvalue weighted by Gasteiger charge is 2.35. The molecule has 0 saturated heterocycles. The third-order valence-electron chi connectivity index (χ3n) is 3.60. The second kappa shape index (κ2) is 5.99. The van der Waals surface area contributed by atoms with E-state index in [-0.39, 0.29) is 21.0 Å². The van der Waals surface area contributed by atoms with E-state index < -0.39 is 10.0 Å². The van der Waals surface area contributed by atoms with E-state index in [2.05, 4.69) is 4.98 Å². The molecule has 1 N–H and O–H groups in total. The molecule has 1 saturated carbocycles. The molecule has 114 valence electrons. The van der Waals surface area contributed by atoms with Gasteiger partial charge in [-0.3, -0.25) is 4.79 Å². The summed E-state index contributed by atoms with van der Waals surface area (Å²) in [5.41, 5.74) is 0.451. The van der Waals surface area contributed by atoms with E-state index in [0.29, 0.717) is 12.2 Å². The van der Waals surface area contributed by atoms with Crippen molar-refractivity contribution in [2.24, 2.45) is 5.92 Å². The van der Waals surface area contributed by atoms with Gasteiger partial charge < -0.3 is 4.98 Å². The number of aryl methyl sites for hydroxylation is 1. The van der Waals surface area contributed by atoms with Crippen molar-refractivity contribution in [1.29, 1.82) is 0 Å². The number of hydrogen-bond acceptors (Lipinski definition) is 4. The molecule has 0 spiro atoms. The smallest absolute Gasteiger partial charge is 0.305 e. The van der Waals surface area contributed by atoms with Crippen molar-refractivity contribution in [1.82, 2.24) is 9.29 Å². The Hall–Kier alpha value is -0.660. The number of thiazole rings is 1. The Kier molecular flexibility index (Phi) is 4.71. The second-order valence-corrected chi connectivity index (χ2v) is 8.90. The summed E-state index contributed by atoms with van der Waals surface area (Å²) in [6.45, 7) is 6.19. The molecule has 0 atom stereocenters. The quantitative estimate of drug-likeness (QED) is 0.906. The monoisotopic (exact) mass is 318 g/mol. The van der Waals surface area contributed by atoms with Crippen LogP contribution in [0.1, 0.15) is 45.2 Å². The van der Waals surface area contributed by atoms with Crippen LogP contribution in [0.2, 0.25) is 0 Å². The van der Waals surface area contributed by atoms with Gasteiger partial charge in [0.25, 0.3) is 10.0 Å². The van der Waals surface area contributed by atoms with Crippen LogP contribution < -0.4 is 4.87 Å². The summed E-state index contributed by atoms with van der Waals surface area (Å²) in [5.74, 6) is 0.265. The molecule has 0 amide bonds. The Morgan fingerprint density at radius 3 is 2.40 bits per heavy atom. The number of aromatic amines is 1. The van der Waals surface area contributed by atoms with Crippen molar-refractivity contribution in [2.75, 3.05) is 6.54 Å². The number of sulfonamides is 1. The summed E-state index contributed by atoms with van der Waals surface area (Å²) in [7, 11) is -3.57. The van der Waals surface area contributed by atoms with Crippen LogP contribution in [0.15, 0.2) is 9.00 Å². The molecule has 1 fully saturated rings. The Balaban J connectivity index is 2.40. The summed E-state index contributed by atoms with van der Waals surface area (Å²) in [6.07, 6.45) is 4.00. The Morgan fingerprint density at radius 2 is 1.95 bits per heavy atom. The molecule has 0 aliphatic heterocycles. The lowest BCUT2D eigenvalue weighted by Gasteiger charge is -2.29. The molecule has 0 unspecified atom stereocenters. The lowest BCUT2D eigenvalue weighted by atomic mass is 10.2. The van der Waals surface area contributed by atoms with E-state index in [1.807, 2.05) is 13.8 Å². The molecule has 0 aromatic carbocycles. The number of aromatic nitrogens is 1. The third kappa shape index (κ3) is 3.15. The average molecular weight is 318 g/mol. The van der Waals surface area contributed by atoms with Gasteiger partial charge in [-0.25, -0.2) is 8.42 Å². The van der Waals surface area contributed by atoms with Crippen molar-refractivity contribution in [2.45, 2.75) is 56.7 Å². The number of hydrogen-bond donors (Lipinski definition) is 1. The molecule has 1 heterocycles. The molecule has 1 aromatic rings. The van der Waals surface area contributed by atoms with Gasteiger partial charge in [-0.15, -0.1) is 0 Å². The zero-order valence-corrected chi connectivity index (χ0v) is 13.8. The maximum atomic E-state index is 12.9. The summed E-state index contributed by atoms with van der Waals surface area (Å²) in [6, 6.07) is 0.0824. The van der Waals surface area contributed by atoms with Crippen LogP contribution in [0, 0.1) is 12.8 Å². The molecule has 7 heteroatoms. The molecule has 1 aliphatic carbocycles. The molecule has 20 heavy (non-hydrogen) atoms. The maximum Gasteiger partial charge on any atom is 0.305 e. The van der Waals surface area contributed by atoms with Crippen LogP contribution in [-0.2, 0) is 10.0 Å². The molecular formula is C13H22N2O3S2. The van der Waals surface area contributed by atoms with Gasteiger partial charge in [0.05, 0.1) is 0 Å². The Bertz CT molecular complexity index is 610. The molecule has 0 radical (unpaired) electrons. The molecular weight excluding hydrogens is 296 g/mol. The lowest BCUT2D eigenvalue weighted by molar-refractivity contribution is 0.293. The maximum absolute atomic E-state index is 12.9. The predicted octanol–water partition coefficient (Wildman–Crippen LogP) is 2.33. The molecule has 0 bridgehead atoms. The van der Waals surface area contributed by atoms with Crippen LogP contribution in [0.4, 0.5) is 0 Å². The van der Waals surface area contributed by atoms with E-state index >= 15 is 0 Å². The van der Waals surface area contributed by atoms with Gasteiger partial charge in [0.1, 0.15) is 0 Å². The van der Waals surface area contributed by atoms with Gasteiger partial charge in [0.2, 0.25) is 0 Å². The SMILES string of the molecule is Cc1[nH]c(=O)sc1S(=O)(=O)N(CC(C)C)C1CCCC1. The standard InChI is InChI=1S/C13H22N2O3S2/c1-9(2)8-15(11-6-4-5-7-11)20(17,18)12-10(3)14-13(16)19-12/h9,11H,4-8H2,1-3H3,(H,14,16). The normalized spacial score (nSPS) is 17.4. The van der Waals surface area contributed by atoms with Gasteiger partial charge in [0, 0.05) is 18.3 Å². The van der Waals surface area contributed by atoms with Gasteiger partial charge in [-0.05, 0) is 25.7 Å². The first kappa shape index (κ1) is 15.7. The predicted molar refractivity (Wildman–Crippen MR) is 80.7 cm³/mol. The highest BCUT2D eigenvalue weighted by Crippen LogP contribution is 2.31. The molecule has 5 nitrogen and oxygen atoms in total. The van der Waals surface area contributed by atoms with Gasteiger partial charge >= 0.3 is 4.87 Å². The third-order valence-corrected chi connectivity index (χ3v) is 7.10. The van der Waals surface area contributed by atoms with Crippen LogP contribution in [-0.4, -0.2) is 30.3 Å². The van der Waals surface area contributed by atoms with Gasteiger partial charge in [-0.1, -0.05) is 38.0 Å². The highest BCUT2D eigenvalue weighted by atomic mass is 32.2. The van der Waals surface area contributed by atoms with E-state index in [1.54, 1.807) is 11.2 Å². The molecule has 1 aromatic heterocycles. The summed E-state index contributed by atoms with van der Waals surface area (Å²) in [5, 5.41) is 0. The fourth-order valence-electron chi connectivity index (χ4n) is 2.74. The first-order valence-corrected chi connectivity index (χ1v) is 9.29. The average Bonchev–Trinajstić information content (AvgIpc) is 2.95. The number of nitrogens with one attached hydrogen (secondary N) is 1. The van der Waals surface area contributed by atoms with Gasteiger partial charge in [-0.2, -0.15) is 4.31 Å². The Morgan fingerprint density at radius 1 is 1.35 bits per heavy atom. The fourth-order valence-corrected chi connectivity index (χ4v) is 6.00. The minimum atomic E-state index is -3.57. The first-order valence-electron chi connectivity index (χ1n) is 7.04.